The third-order valence-corrected chi connectivity index (χ3v) is 4.56. The fourth-order valence-electron chi connectivity index (χ4n) is 2.98. The second-order valence-corrected chi connectivity index (χ2v) is 6.61. The lowest BCUT2D eigenvalue weighted by Gasteiger charge is -2.29. The van der Waals surface area contributed by atoms with Gasteiger partial charge in [-0.3, -0.25) is 9.59 Å². The van der Waals surface area contributed by atoms with Crippen LogP contribution in [0.4, 0.5) is 11.4 Å². The standard InChI is InChI=1S/C20H16ClN3O3/c21-14-7-5-13(6-8-14)17-11-22-19(27-17)9-10-20(26)24-12-18(25)23-15-3-1-2-4-16(15)24/h1-8,11H,9-10,12H2,(H,23,25). The number of hydrogen-bond donors (Lipinski definition) is 1. The zero-order valence-corrected chi connectivity index (χ0v) is 15.1. The van der Waals surface area contributed by atoms with E-state index in [0.717, 1.165) is 5.56 Å². The van der Waals surface area contributed by atoms with E-state index < -0.39 is 0 Å². The Morgan fingerprint density at radius 2 is 1.96 bits per heavy atom. The molecule has 0 fully saturated rings. The van der Waals surface area contributed by atoms with Gasteiger partial charge in [0.05, 0.1) is 17.6 Å². The fraction of sp³-hybridized carbons (Fsp3) is 0.150. The molecule has 7 heteroatoms. The summed E-state index contributed by atoms with van der Waals surface area (Å²) < 4.78 is 5.73. The molecule has 1 aliphatic heterocycles. The number of rotatable bonds is 4. The number of hydrogen-bond acceptors (Lipinski definition) is 4. The van der Waals surface area contributed by atoms with Crippen molar-refractivity contribution in [3.05, 3.63) is 65.6 Å². The Balaban J connectivity index is 1.44. The summed E-state index contributed by atoms with van der Waals surface area (Å²) in [6.07, 6.45) is 2.18. The van der Waals surface area contributed by atoms with Gasteiger partial charge in [0.25, 0.3) is 0 Å². The highest BCUT2D eigenvalue weighted by atomic mass is 35.5. The predicted molar refractivity (Wildman–Crippen MR) is 103 cm³/mol. The number of carbonyl (C=O) groups is 2. The zero-order chi connectivity index (χ0) is 18.8. The van der Waals surface area contributed by atoms with E-state index in [9.17, 15) is 9.59 Å². The minimum absolute atomic E-state index is 0.0114. The van der Waals surface area contributed by atoms with E-state index in [0.29, 0.717) is 34.5 Å². The maximum absolute atomic E-state index is 12.7. The molecule has 27 heavy (non-hydrogen) atoms. The third kappa shape index (κ3) is 3.71. The minimum Gasteiger partial charge on any atom is -0.441 e. The van der Waals surface area contributed by atoms with Crippen molar-refractivity contribution < 1.29 is 14.0 Å². The fourth-order valence-corrected chi connectivity index (χ4v) is 3.10. The molecule has 0 atom stereocenters. The quantitative estimate of drug-likeness (QED) is 0.743. The van der Waals surface area contributed by atoms with Gasteiger partial charge in [-0.1, -0.05) is 23.7 Å². The van der Waals surface area contributed by atoms with Crippen LogP contribution < -0.4 is 10.2 Å². The SMILES string of the molecule is O=C1CN(C(=O)CCc2ncc(-c3ccc(Cl)cc3)o2)c2ccccc2N1. The molecule has 0 saturated carbocycles. The van der Waals surface area contributed by atoms with Crippen LogP contribution in [0.3, 0.4) is 0 Å². The zero-order valence-electron chi connectivity index (χ0n) is 14.3. The first-order valence-electron chi connectivity index (χ1n) is 8.50. The van der Waals surface area contributed by atoms with Gasteiger partial charge in [-0.2, -0.15) is 0 Å². The average molecular weight is 382 g/mol. The van der Waals surface area contributed by atoms with Gasteiger partial charge in [0.1, 0.15) is 6.54 Å². The van der Waals surface area contributed by atoms with Crippen molar-refractivity contribution in [1.29, 1.82) is 0 Å². The Morgan fingerprint density at radius 3 is 2.78 bits per heavy atom. The summed E-state index contributed by atoms with van der Waals surface area (Å²) >= 11 is 5.89. The summed E-state index contributed by atoms with van der Waals surface area (Å²) in [5, 5.41) is 3.42. The van der Waals surface area contributed by atoms with Crippen LogP contribution in [0, 0.1) is 0 Å². The molecular weight excluding hydrogens is 366 g/mol. The molecule has 1 N–H and O–H groups in total. The molecule has 0 saturated heterocycles. The van der Waals surface area contributed by atoms with Crippen molar-refractivity contribution >= 4 is 34.8 Å². The van der Waals surface area contributed by atoms with E-state index in [1.54, 1.807) is 24.4 Å². The third-order valence-electron chi connectivity index (χ3n) is 4.31. The number of nitrogens with one attached hydrogen (secondary N) is 1. The van der Waals surface area contributed by atoms with Crippen molar-refractivity contribution in [3.63, 3.8) is 0 Å². The number of benzene rings is 2. The molecule has 6 nitrogen and oxygen atoms in total. The average Bonchev–Trinajstić information content (AvgIpc) is 3.15. The summed E-state index contributed by atoms with van der Waals surface area (Å²) in [6, 6.07) is 14.5. The van der Waals surface area contributed by atoms with E-state index in [4.69, 9.17) is 16.0 Å². The van der Waals surface area contributed by atoms with Crippen molar-refractivity contribution in [2.75, 3.05) is 16.8 Å². The first-order valence-corrected chi connectivity index (χ1v) is 8.88. The molecule has 4 rings (SSSR count). The van der Waals surface area contributed by atoms with Crippen molar-refractivity contribution in [1.82, 2.24) is 4.98 Å². The van der Waals surface area contributed by atoms with Crippen molar-refractivity contribution in [2.24, 2.45) is 0 Å². The number of nitrogens with zero attached hydrogens (tertiary/aromatic N) is 2. The molecule has 2 aromatic carbocycles. The summed E-state index contributed by atoms with van der Waals surface area (Å²) in [5.74, 6) is 0.742. The Morgan fingerprint density at radius 1 is 1.19 bits per heavy atom. The highest BCUT2D eigenvalue weighted by Crippen LogP contribution is 2.29. The molecule has 0 aliphatic carbocycles. The number of carbonyl (C=O) groups excluding carboxylic acids is 2. The van der Waals surface area contributed by atoms with Gasteiger partial charge in [-0.15, -0.1) is 0 Å². The largest absolute Gasteiger partial charge is 0.441 e. The van der Waals surface area contributed by atoms with Gasteiger partial charge >= 0.3 is 0 Å². The highest BCUT2D eigenvalue weighted by molar-refractivity contribution is 6.30. The van der Waals surface area contributed by atoms with E-state index in [1.807, 2.05) is 30.3 Å². The first-order chi connectivity index (χ1) is 13.1. The van der Waals surface area contributed by atoms with Gasteiger partial charge in [-0.05, 0) is 36.4 Å². The monoisotopic (exact) mass is 381 g/mol. The molecule has 0 unspecified atom stereocenters. The van der Waals surface area contributed by atoms with Gasteiger partial charge < -0.3 is 14.6 Å². The number of para-hydroxylation sites is 2. The molecule has 2 amide bonds. The first kappa shape index (κ1) is 17.3. The number of anilines is 2. The van der Waals surface area contributed by atoms with Gasteiger partial charge in [0, 0.05) is 23.4 Å². The van der Waals surface area contributed by atoms with Crippen LogP contribution in [-0.4, -0.2) is 23.3 Å². The highest BCUT2D eigenvalue weighted by Gasteiger charge is 2.26. The molecule has 1 aliphatic rings. The Hall–Kier alpha value is -3.12. The normalized spacial score (nSPS) is 13.2. The van der Waals surface area contributed by atoms with Gasteiger partial charge in [0.2, 0.25) is 11.8 Å². The Labute approximate surface area is 160 Å². The summed E-state index contributed by atoms with van der Waals surface area (Å²) in [4.78, 5) is 30.2. The Bertz CT molecular complexity index is 998. The molecule has 136 valence electrons. The number of halogens is 1. The van der Waals surface area contributed by atoms with Crippen molar-refractivity contribution in [2.45, 2.75) is 12.8 Å². The summed E-state index contributed by atoms with van der Waals surface area (Å²) in [7, 11) is 0. The second kappa shape index (κ2) is 7.25. The van der Waals surface area contributed by atoms with E-state index >= 15 is 0 Å². The second-order valence-electron chi connectivity index (χ2n) is 6.17. The minimum atomic E-state index is -0.205. The maximum Gasteiger partial charge on any atom is 0.244 e. The van der Waals surface area contributed by atoms with Crippen LogP contribution in [0.1, 0.15) is 12.3 Å². The number of oxazole rings is 1. The number of aromatic nitrogens is 1. The lowest BCUT2D eigenvalue weighted by atomic mass is 10.1. The van der Waals surface area contributed by atoms with Crippen LogP contribution in [0.2, 0.25) is 5.02 Å². The number of amides is 2. The topological polar surface area (TPSA) is 75.4 Å². The lowest BCUT2D eigenvalue weighted by Crippen LogP contribution is -2.42. The van der Waals surface area contributed by atoms with Gasteiger partial charge in [0.15, 0.2) is 11.7 Å². The van der Waals surface area contributed by atoms with Crippen LogP contribution in [0.15, 0.2) is 59.1 Å². The molecule has 3 aromatic rings. The van der Waals surface area contributed by atoms with Crippen LogP contribution in [0.25, 0.3) is 11.3 Å². The molecular formula is C20H16ClN3O3. The number of aryl methyl sites for hydroxylation is 1. The van der Waals surface area contributed by atoms with Crippen molar-refractivity contribution in [3.8, 4) is 11.3 Å². The smallest absolute Gasteiger partial charge is 0.244 e. The van der Waals surface area contributed by atoms with E-state index in [1.165, 1.54) is 4.90 Å². The maximum atomic E-state index is 12.7. The van der Waals surface area contributed by atoms with Crippen LogP contribution >= 0.6 is 11.6 Å². The lowest BCUT2D eigenvalue weighted by molar-refractivity contribution is -0.121. The molecule has 0 bridgehead atoms. The van der Waals surface area contributed by atoms with E-state index in [-0.39, 0.29) is 24.8 Å². The molecule has 1 aromatic heterocycles. The summed E-state index contributed by atoms with van der Waals surface area (Å²) in [6.45, 7) is 0.0114. The number of fused-ring (bicyclic) bond motifs is 1. The van der Waals surface area contributed by atoms with Gasteiger partial charge in [-0.25, -0.2) is 4.98 Å². The summed E-state index contributed by atoms with van der Waals surface area (Å²) in [5.41, 5.74) is 2.21. The van der Waals surface area contributed by atoms with Crippen LogP contribution in [0.5, 0.6) is 0 Å². The predicted octanol–water partition coefficient (Wildman–Crippen LogP) is 3.91. The Kier molecular flexibility index (Phi) is 4.64. The molecule has 0 radical (unpaired) electrons. The van der Waals surface area contributed by atoms with E-state index in [2.05, 4.69) is 10.3 Å². The van der Waals surface area contributed by atoms with Crippen LogP contribution in [-0.2, 0) is 16.0 Å². The molecule has 2 heterocycles. The molecule has 0 spiro atoms.